The summed E-state index contributed by atoms with van der Waals surface area (Å²) in [4.78, 5) is 2.40. The highest BCUT2D eigenvalue weighted by Gasteiger charge is 2.19. The molecule has 0 heterocycles. The summed E-state index contributed by atoms with van der Waals surface area (Å²) < 4.78 is 0. The lowest BCUT2D eigenvalue weighted by atomic mass is 9.93. The van der Waals surface area contributed by atoms with E-state index in [0.29, 0.717) is 6.04 Å². The van der Waals surface area contributed by atoms with E-state index >= 15 is 0 Å². The molecule has 0 N–H and O–H groups in total. The number of allylic oxidation sites excluding steroid dienone is 4. The average molecular weight is 287 g/mol. The second kappa shape index (κ2) is 8.92. The maximum absolute atomic E-state index is 4.34. The van der Waals surface area contributed by atoms with Gasteiger partial charge in [-0.25, -0.2) is 0 Å². The lowest BCUT2D eigenvalue weighted by Gasteiger charge is -2.34. The van der Waals surface area contributed by atoms with Crippen molar-refractivity contribution >= 4 is 0 Å². The maximum atomic E-state index is 4.34. The molecule has 1 rings (SSSR count). The maximum Gasteiger partial charge on any atom is 0.0363 e. The van der Waals surface area contributed by atoms with E-state index in [-0.39, 0.29) is 0 Å². The van der Waals surface area contributed by atoms with Gasteiger partial charge in [-0.15, -0.1) is 0 Å². The Kier molecular flexibility index (Phi) is 7.56. The monoisotopic (exact) mass is 287 g/mol. The minimum atomic E-state index is 0.600. The minimum Gasteiger partial charge on any atom is -0.372 e. The molecule has 1 nitrogen and oxygen atoms in total. The smallest absolute Gasteiger partial charge is 0.0363 e. The third-order valence-corrected chi connectivity index (χ3v) is 4.47. The van der Waals surface area contributed by atoms with Crippen LogP contribution in [0.2, 0.25) is 0 Å². The second-order valence-electron chi connectivity index (χ2n) is 6.48. The predicted molar refractivity (Wildman–Crippen MR) is 95.3 cm³/mol. The van der Waals surface area contributed by atoms with Crippen LogP contribution in [0, 0.1) is 5.92 Å². The molecule has 2 unspecified atom stereocenters. The van der Waals surface area contributed by atoms with E-state index in [9.17, 15) is 0 Å². The topological polar surface area (TPSA) is 3.24 Å². The van der Waals surface area contributed by atoms with Gasteiger partial charge in [0.15, 0.2) is 0 Å². The van der Waals surface area contributed by atoms with Crippen molar-refractivity contribution in [1.29, 1.82) is 0 Å². The normalized spacial score (nSPS) is 17.3. The molecule has 1 aliphatic carbocycles. The van der Waals surface area contributed by atoms with Gasteiger partial charge in [0.05, 0.1) is 0 Å². The SMILES string of the molecule is C=C1C=CC(C(=C)N(C)C(CCC)CC(C)CCC)=CC1. The van der Waals surface area contributed by atoms with Crippen LogP contribution in [0.25, 0.3) is 0 Å². The molecule has 0 saturated heterocycles. The van der Waals surface area contributed by atoms with E-state index in [4.69, 9.17) is 0 Å². The Morgan fingerprint density at radius 3 is 2.43 bits per heavy atom. The van der Waals surface area contributed by atoms with Crippen LogP contribution in [0.4, 0.5) is 0 Å². The first kappa shape index (κ1) is 17.8. The van der Waals surface area contributed by atoms with Crippen molar-refractivity contribution in [1.82, 2.24) is 4.90 Å². The molecule has 0 aromatic rings. The Bertz CT molecular complexity index is 414. The Labute approximate surface area is 132 Å². The molecule has 0 aromatic carbocycles. The molecule has 0 fully saturated rings. The molecule has 118 valence electrons. The summed E-state index contributed by atoms with van der Waals surface area (Å²) in [6.07, 6.45) is 13.8. The Balaban J connectivity index is 2.71. The third-order valence-electron chi connectivity index (χ3n) is 4.47. The van der Waals surface area contributed by atoms with Crippen LogP contribution >= 0.6 is 0 Å². The molecule has 1 aliphatic rings. The van der Waals surface area contributed by atoms with Crippen LogP contribution in [-0.2, 0) is 0 Å². The zero-order valence-corrected chi connectivity index (χ0v) is 14.5. The van der Waals surface area contributed by atoms with Crippen LogP contribution in [-0.4, -0.2) is 18.0 Å². The quantitative estimate of drug-likeness (QED) is 0.512. The molecule has 0 saturated carbocycles. The summed E-state index contributed by atoms with van der Waals surface area (Å²) in [6, 6.07) is 0.600. The average Bonchev–Trinajstić information content (AvgIpc) is 2.46. The molecule has 2 atom stereocenters. The largest absolute Gasteiger partial charge is 0.372 e. The fourth-order valence-corrected chi connectivity index (χ4v) is 3.10. The highest BCUT2D eigenvalue weighted by Crippen LogP contribution is 2.27. The van der Waals surface area contributed by atoms with Gasteiger partial charge in [-0.05, 0) is 30.8 Å². The van der Waals surface area contributed by atoms with Crippen LogP contribution in [0.1, 0.15) is 59.3 Å². The van der Waals surface area contributed by atoms with Gasteiger partial charge in [0.2, 0.25) is 0 Å². The van der Waals surface area contributed by atoms with Crippen molar-refractivity contribution < 1.29 is 0 Å². The minimum absolute atomic E-state index is 0.600. The number of rotatable bonds is 9. The van der Waals surface area contributed by atoms with Crippen molar-refractivity contribution in [3.63, 3.8) is 0 Å². The van der Waals surface area contributed by atoms with Crippen LogP contribution in [0.15, 0.2) is 48.2 Å². The summed E-state index contributed by atoms with van der Waals surface area (Å²) >= 11 is 0. The molecule has 0 spiro atoms. The molecular formula is C20H33N. The summed E-state index contributed by atoms with van der Waals surface area (Å²) in [5.41, 5.74) is 3.59. The van der Waals surface area contributed by atoms with Crippen LogP contribution in [0.3, 0.4) is 0 Å². The first-order valence-corrected chi connectivity index (χ1v) is 8.47. The lowest BCUT2D eigenvalue weighted by molar-refractivity contribution is 0.242. The summed E-state index contributed by atoms with van der Waals surface area (Å²) in [5.74, 6) is 0.789. The first-order chi connectivity index (χ1) is 9.99. The molecule has 0 amide bonds. The van der Waals surface area contributed by atoms with E-state index in [1.54, 1.807) is 0 Å². The Morgan fingerprint density at radius 1 is 1.24 bits per heavy atom. The number of hydrogen-bond donors (Lipinski definition) is 0. The zero-order valence-electron chi connectivity index (χ0n) is 14.5. The van der Waals surface area contributed by atoms with Gasteiger partial charge in [0, 0.05) is 18.8 Å². The van der Waals surface area contributed by atoms with Gasteiger partial charge in [0.1, 0.15) is 0 Å². The highest BCUT2D eigenvalue weighted by atomic mass is 15.1. The molecule has 0 bridgehead atoms. The van der Waals surface area contributed by atoms with Crippen molar-refractivity contribution in [3.8, 4) is 0 Å². The van der Waals surface area contributed by atoms with Gasteiger partial charge in [-0.1, -0.05) is 77.0 Å². The molecule has 0 aromatic heterocycles. The van der Waals surface area contributed by atoms with Crippen molar-refractivity contribution in [2.45, 2.75) is 65.3 Å². The Hall–Kier alpha value is -1.24. The summed E-state index contributed by atoms with van der Waals surface area (Å²) in [7, 11) is 2.21. The molecule has 1 heteroatoms. The van der Waals surface area contributed by atoms with Gasteiger partial charge in [-0.3, -0.25) is 0 Å². The molecule has 0 radical (unpaired) electrons. The van der Waals surface area contributed by atoms with Crippen LogP contribution < -0.4 is 0 Å². The van der Waals surface area contributed by atoms with Crippen molar-refractivity contribution in [2.75, 3.05) is 7.05 Å². The van der Waals surface area contributed by atoms with Crippen molar-refractivity contribution in [2.24, 2.45) is 5.92 Å². The number of nitrogens with zero attached hydrogens (tertiary/aromatic N) is 1. The third kappa shape index (κ3) is 5.57. The second-order valence-corrected chi connectivity index (χ2v) is 6.48. The Morgan fingerprint density at radius 2 is 1.90 bits per heavy atom. The van der Waals surface area contributed by atoms with Gasteiger partial charge in [0.25, 0.3) is 0 Å². The fraction of sp³-hybridized carbons (Fsp3) is 0.600. The lowest BCUT2D eigenvalue weighted by Crippen LogP contribution is -2.33. The summed E-state index contributed by atoms with van der Waals surface area (Å²) in [6.45, 7) is 15.3. The molecule has 0 aliphatic heterocycles. The first-order valence-electron chi connectivity index (χ1n) is 8.47. The van der Waals surface area contributed by atoms with E-state index in [1.165, 1.54) is 43.3 Å². The predicted octanol–water partition coefficient (Wildman–Crippen LogP) is 5.87. The van der Waals surface area contributed by atoms with Crippen molar-refractivity contribution in [3.05, 3.63) is 48.2 Å². The van der Waals surface area contributed by atoms with E-state index < -0.39 is 0 Å². The molecule has 21 heavy (non-hydrogen) atoms. The molecular weight excluding hydrogens is 254 g/mol. The van der Waals surface area contributed by atoms with E-state index in [2.05, 4.69) is 64.1 Å². The van der Waals surface area contributed by atoms with Gasteiger partial charge < -0.3 is 4.90 Å². The fourth-order valence-electron chi connectivity index (χ4n) is 3.10. The summed E-state index contributed by atoms with van der Waals surface area (Å²) in [5, 5.41) is 0. The van der Waals surface area contributed by atoms with Crippen LogP contribution in [0.5, 0.6) is 0 Å². The van der Waals surface area contributed by atoms with E-state index in [0.717, 1.165) is 18.0 Å². The van der Waals surface area contributed by atoms with E-state index in [1.807, 2.05) is 0 Å². The zero-order chi connectivity index (χ0) is 15.8. The number of likely N-dealkylation sites (N-methyl/N-ethyl adjacent to an activating group) is 1. The van der Waals surface area contributed by atoms with Gasteiger partial charge in [-0.2, -0.15) is 0 Å². The standard InChI is InChI=1S/C20H33N/c1-7-9-17(4)15-20(10-8-2)21(6)18(5)19-13-11-16(3)12-14-19/h11,13-14,17,20H,3,5,7-10,12,15H2,1-2,4,6H3. The highest BCUT2D eigenvalue weighted by molar-refractivity contribution is 5.44. The number of hydrogen-bond acceptors (Lipinski definition) is 1. The van der Waals surface area contributed by atoms with Gasteiger partial charge >= 0.3 is 0 Å².